The summed E-state index contributed by atoms with van der Waals surface area (Å²) in [6, 6.07) is 2.48. The van der Waals surface area contributed by atoms with Crippen LogP contribution in [0, 0.1) is 10.1 Å². The van der Waals surface area contributed by atoms with Gasteiger partial charge in [-0.3, -0.25) is 24.4 Å². The summed E-state index contributed by atoms with van der Waals surface area (Å²) in [7, 11) is 2.85. The van der Waals surface area contributed by atoms with Crippen molar-refractivity contribution < 1.29 is 23.7 Å². The first-order chi connectivity index (χ1) is 14.3. The SMILES string of the molecule is COc1nn(C(C)C(=O)Nc2cn(C)nc2C(=O)NCc2ccco2)cc1[N+](=O)[O-]. The van der Waals surface area contributed by atoms with Crippen molar-refractivity contribution in [2.45, 2.75) is 19.5 Å². The number of hydrogen-bond donors (Lipinski definition) is 2. The van der Waals surface area contributed by atoms with E-state index >= 15 is 0 Å². The zero-order chi connectivity index (χ0) is 21.8. The molecule has 0 saturated carbocycles. The number of carbonyl (C=O) groups excluding carboxylic acids is 2. The second-order valence-corrected chi connectivity index (χ2v) is 6.25. The van der Waals surface area contributed by atoms with Crippen molar-refractivity contribution in [3.05, 3.63) is 52.4 Å². The molecule has 3 rings (SSSR count). The summed E-state index contributed by atoms with van der Waals surface area (Å²) in [5, 5.41) is 24.3. The zero-order valence-corrected chi connectivity index (χ0v) is 16.4. The first kappa shape index (κ1) is 20.6. The molecule has 2 amide bonds. The number of amides is 2. The maximum atomic E-state index is 12.7. The van der Waals surface area contributed by atoms with Gasteiger partial charge in [0, 0.05) is 13.2 Å². The molecule has 1 unspecified atom stereocenters. The van der Waals surface area contributed by atoms with Crippen molar-refractivity contribution in [1.29, 1.82) is 0 Å². The van der Waals surface area contributed by atoms with Gasteiger partial charge in [-0.15, -0.1) is 5.10 Å². The van der Waals surface area contributed by atoms with Crippen LogP contribution in [-0.4, -0.2) is 43.4 Å². The Bertz CT molecular complexity index is 1070. The van der Waals surface area contributed by atoms with E-state index in [0.29, 0.717) is 5.76 Å². The Balaban J connectivity index is 1.73. The Hall–Kier alpha value is -4.16. The number of ether oxygens (including phenoxy) is 1. The molecule has 158 valence electrons. The molecule has 3 aromatic rings. The number of furan rings is 1. The number of nitro groups is 1. The Kier molecular flexibility index (Phi) is 5.80. The van der Waals surface area contributed by atoms with Gasteiger partial charge in [0.25, 0.3) is 5.91 Å². The van der Waals surface area contributed by atoms with Crippen molar-refractivity contribution >= 4 is 23.2 Å². The number of nitrogens with one attached hydrogen (secondary N) is 2. The molecule has 13 nitrogen and oxygen atoms in total. The zero-order valence-electron chi connectivity index (χ0n) is 16.4. The quantitative estimate of drug-likeness (QED) is 0.409. The van der Waals surface area contributed by atoms with E-state index in [-0.39, 0.29) is 29.5 Å². The van der Waals surface area contributed by atoms with Crippen LogP contribution in [0.3, 0.4) is 0 Å². The molecule has 0 fully saturated rings. The van der Waals surface area contributed by atoms with Crippen molar-refractivity contribution in [3.63, 3.8) is 0 Å². The second kappa shape index (κ2) is 8.46. The lowest BCUT2D eigenvalue weighted by molar-refractivity contribution is -0.385. The molecule has 30 heavy (non-hydrogen) atoms. The van der Waals surface area contributed by atoms with Gasteiger partial charge in [0.05, 0.1) is 30.5 Å². The van der Waals surface area contributed by atoms with Gasteiger partial charge in [0.2, 0.25) is 5.91 Å². The Morgan fingerprint density at radius 1 is 1.37 bits per heavy atom. The predicted molar refractivity (Wildman–Crippen MR) is 102 cm³/mol. The number of methoxy groups -OCH3 is 1. The van der Waals surface area contributed by atoms with Crippen LogP contribution in [0.4, 0.5) is 11.4 Å². The van der Waals surface area contributed by atoms with E-state index in [1.807, 2.05) is 0 Å². The van der Waals surface area contributed by atoms with Gasteiger partial charge in [0.15, 0.2) is 5.69 Å². The minimum absolute atomic E-state index is 0.00799. The van der Waals surface area contributed by atoms with Crippen molar-refractivity contribution in [2.24, 2.45) is 7.05 Å². The van der Waals surface area contributed by atoms with Gasteiger partial charge in [0.1, 0.15) is 18.0 Å². The molecule has 2 N–H and O–H groups in total. The number of aromatic nitrogens is 4. The molecule has 3 heterocycles. The number of rotatable bonds is 8. The third-order valence-electron chi connectivity index (χ3n) is 4.15. The minimum Gasteiger partial charge on any atom is -0.475 e. The molecule has 1 atom stereocenters. The van der Waals surface area contributed by atoms with E-state index in [1.165, 1.54) is 31.2 Å². The monoisotopic (exact) mass is 417 g/mol. The molecule has 0 spiro atoms. The van der Waals surface area contributed by atoms with E-state index in [4.69, 9.17) is 9.15 Å². The average Bonchev–Trinajstić information content (AvgIpc) is 3.45. The lowest BCUT2D eigenvalue weighted by atomic mass is 10.3. The lowest BCUT2D eigenvalue weighted by Gasteiger charge is -2.12. The van der Waals surface area contributed by atoms with Crippen LogP contribution in [-0.2, 0) is 18.4 Å². The van der Waals surface area contributed by atoms with Crippen molar-refractivity contribution in [2.75, 3.05) is 12.4 Å². The van der Waals surface area contributed by atoms with Gasteiger partial charge in [-0.05, 0) is 19.1 Å². The summed E-state index contributed by atoms with van der Waals surface area (Å²) < 4.78 is 12.5. The largest absolute Gasteiger partial charge is 0.475 e. The Labute approximate surface area is 169 Å². The number of nitrogens with zero attached hydrogens (tertiary/aromatic N) is 5. The van der Waals surface area contributed by atoms with Gasteiger partial charge in [-0.2, -0.15) is 5.10 Å². The van der Waals surface area contributed by atoms with Crippen molar-refractivity contribution in [1.82, 2.24) is 24.9 Å². The summed E-state index contributed by atoms with van der Waals surface area (Å²) in [5.74, 6) is -0.707. The highest BCUT2D eigenvalue weighted by molar-refractivity contribution is 6.02. The summed E-state index contributed by atoms with van der Waals surface area (Å²) in [4.78, 5) is 35.5. The molecule has 0 aliphatic carbocycles. The highest BCUT2D eigenvalue weighted by Gasteiger charge is 2.26. The molecular formula is C17H19N7O6. The van der Waals surface area contributed by atoms with Gasteiger partial charge in [-0.25, -0.2) is 4.68 Å². The van der Waals surface area contributed by atoms with Crippen LogP contribution in [0.1, 0.15) is 29.2 Å². The van der Waals surface area contributed by atoms with Crippen LogP contribution < -0.4 is 15.4 Å². The minimum atomic E-state index is -0.924. The maximum absolute atomic E-state index is 12.7. The summed E-state index contributed by atoms with van der Waals surface area (Å²) in [5.41, 5.74) is -0.176. The van der Waals surface area contributed by atoms with Crippen LogP contribution in [0.2, 0.25) is 0 Å². The van der Waals surface area contributed by atoms with E-state index in [1.54, 1.807) is 19.2 Å². The highest BCUT2D eigenvalue weighted by atomic mass is 16.6. The Morgan fingerprint density at radius 2 is 2.13 bits per heavy atom. The molecule has 0 radical (unpaired) electrons. The normalized spacial score (nSPS) is 11.7. The van der Waals surface area contributed by atoms with Crippen LogP contribution in [0.15, 0.2) is 35.2 Å². The number of aryl methyl sites for hydroxylation is 1. The number of hydrogen-bond acceptors (Lipinski definition) is 8. The molecular weight excluding hydrogens is 398 g/mol. The van der Waals surface area contributed by atoms with Gasteiger partial charge < -0.3 is 19.8 Å². The fourth-order valence-corrected chi connectivity index (χ4v) is 2.60. The molecule has 3 aromatic heterocycles. The summed E-state index contributed by atoms with van der Waals surface area (Å²) >= 11 is 0. The van der Waals surface area contributed by atoms with E-state index < -0.39 is 22.8 Å². The molecule has 13 heteroatoms. The fourth-order valence-electron chi connectivity index (χ4n) is 2.60. The molecule has 0 bridgehead atoms. The van der Waals surface area contributed by atoms with Gasteiger partial charge >= 0.3 is 11.6 Å². The summed E-state index contributed by atoms with van der Waals surface area (Å²) in [6.07, 6.45) is 4.06. The van der Waals surface area contributed by atoms with E-state index in [0.717, 1.165) is 10.9 Å². The molecule has 0 aliphatic heterocycles. The van der Waals surface area contributed by atoms with E-state index in [9.17, 15) is 19.7 Å². The highest BCUT2D eigenvalue weighted by Crippen LogP contribution is 2.26. The predicted octanol–water partition coefficient (Wildman–Crippen LogP) is 1.26. The first-order valence-corrected chi connectivity index (χ1v) is 8.72. The van der Waals surface area contributed by atoms with Crippen LogP contribution >= 0.6 is 0 Å². The number of anilines is 1. The van der Waals surface area contributed by atoms with Crippen LogP contribution in [0.25, 0.3) is 0 Å². The van der Waals surface area contributed by atoms with Crippen molar-refractivity contribution in [3.8, 4) is 5.88 Å². The summed E-state index contributed by atoms with van der Waals surface area (Å²) in [6.45, 7) is 1.65. The standard InChI is InChI=1S/C17H19N7O6/c1-10(23-9-13(24(27)28)17(21-23)29-3)15(25)19-12-8-22(2)20-14(12)16(26)18-7-11-5-4-6-30-11/h4-6,8-10H,7H2,1-3H3,(H,18,26)(H,19,25). The molecule has 0 aromatic carbocycles. The smallest absolute Gasteiger partial charge is 0.350 e. The molecule has 0 saturated heterocycles. The fraction of sp³-hybridized carbons (Fsp3) is 0.294. The van der Waals surface area contributed by atoms with Gasteiger partial charge in [-0.1, -0.05) is 0 Å². The second-order valence-electron chi connectivity index (χ2n) is 6.25. The first-order valence-electron chi connectivity index (χ1n) is 8.72. The maximum Gasteiger partial charge on any atom is 0.350 e. The topological polar surface area (TPSA) is 159 Å². The third-order valence-corrected chi connectivity index (χ3v) is 4.15. The Morgan fingerprint density at radius 3 is 2.73 bits per heavy atom. The average molecular weight is 417 g/mol. The lowest BCUT2D eigenvalue weighted by Crippen LogP contribution is -2.27. The molecule has 0 aliphatic rings. The number of carbonyl (C=O) groups is 2. The van der Waals surface area contributed by atoms with Crippen LogP contribution in [0.5, 0.6) is 5.88 Å². The third kappa shape index (κ3) is 4.29. The van der Waals surface area contributed by atoms with E-state index in [2.05, 4.69) is 20.8 Å².